The Morgan fingerprint density at radius 3 is 1.89 bits per heavy atom. The van der Waals surface area contributed by atoms with E-state index in [-0.39, 0.29) is 36.7 Å². The number of carboxylic acid groups (broad SMARTS) is 1. The smallest absolute Gasteiger partial charge is 0.407 e. The number of nitrogens with one attached hydrogen (secondary N) is 2. The number of aliphatic carboxylic acids is 1. The second-order valence-corrected chi connectivity index (χ2v) is 9.99. The predicted molar refractivity (Wildman–Crippen MR) is 135 cm³/mol. The minimum Gasteiger partial charge on any atom is -0.481 e. The first-order valence-electron chi connectivity index (χ1n) is 12.2. The van der Waals surface area contributed by atoms with E-state index in [9.17, 15) is 19.5 Å². The highest BCUT2D eigenvalue weighted by molar-refractivity contribution is 5.80. The highest BCUT2D eigenvalue weighted by Crippen LogP contribution is 2.44. The molecule has 1 aliphatic carbocycles. The van der Waals surface area contributed by atoms with Gasteiger partial charge in [0.25, 0.3) is 0 Å². The molecule has 2 aromatic rings. The van der Waals surface area contributed by atoms with Gasteiger partial charge in [-0.05, 0) is 41.0 Å². The van der Waals surface area contributed by atoms with E-state index in [4.69, 9.17) is 4.74 Å². The van der Waals surface area contributed by atoms with Gasteiger partial charge in [-0.15, -0.1) is 0 Å². The van der Waals surface area contributed by atoms with Gasteiger partial charge in [0, 0.05) is 24.4 Å². The van der Waals surface area contributed by atoms with E-state index in [1.54, 1.807) is 6.92 Å². The van der Waals surface area contributed by atoms with Crippen molar-refractivity contribution in [2.45, 2.75) is 59.0 Å². The third kappa shape index (κ3) is 6.21. The SMILES string of the molecule is CC(C)C(C(=O)O)C(C)NC(=O)C[C@H](NC(=O)OCC1c2ccccc2-c2ccccc21)C(C)C. The van der Waals surface area contributed by atoms with Crippen molar-refractivity contribution in [1.29, 1.82) is 0 Å². The van der Waals surface area contributed by atoms with Crippen LogP contribution in [0.4, 0.5) is 4.79 Å². The van der Waals surface area contributed by atoms with Crippen molar-refractivity contribution in [2.24, 2.45) is 17.8 Å². The normalized spacial score (nSPS) is 15.2. The van der Waals surface area contributed by atoms with Crippen LogP contribution in [0.3, 0.4) is 0 Å². The minimum atomic E-state index is -0.940. The molecule has 1 aliphatic rings. The first-order valence-corrected chi connectivity index (χ1v) is 12.2. The van der Waals surface area contributed by atoms with Gasteiger partial charge in [-0.2, -0.15) is 0 Å². The largest absolute Gasteiger partial charge is 0.481 e. The van der Waals surface area contributed by atoms with Crippen LogP contribution in [0.25, 0.3) is 11.1 Å². The molecule has 2 amide bonds. The van der Waals surface area contributed by atoms with Crippen molar-refractivity contribution in [3.8, 4) is 11.1 Å². The van der Waals surface area contributed by atoms with E-state index < -0.39 is 30.1 Å². The minimum absolute atomic E-state index is 0.0168. The molecule has 0 heterocycles. The monoisotopic (exact) mass is 480 g/mol. The van der Waals surface area contributed by atoms with Gasteiger partial charge < -0.3 is 20.5 Å². The third-order valence-electron chi connectivity index (χ3n) is 6.79. The van der Waals surface area contributed by atoms with E-state index in [0.29, 0.717) is 0 Å². The second kappa shape index (κ2) is 11.4. The number of benzene rings is 2. The van der Waals surface area contributed by atoms with Crippen molar-refractivity contribution in [2.75, 3.05) is 6.61 Å². The molecule has 3 rings (SSSR count). The van der Waals surface area contributed by atoms with Gasteiger partial charge in [-0.3, -0.25) is 9.59 Å². The van der Waals surface area contributed by atoms with E-state index in [2.05, 4.69) is 34.9 Å². The van der Waals surface area contributed by atoms with Gasteiger partial charge in [0.2, 0.25) is 5.91 Å². The average Bonchev–Trinajstić information content (AvgIpc) is 3.10. The van der Waals surface area contributed by atoms with Gasteiger partial charge in [0.05, 0.1) is 5.92 Å². The first kappa shape index (κ1) is 26.3. The molecule has 35 heavy (non-hydrogen) atoms. The Kier molecular flexibility index (Phi) is 8.54. The maximum absolute atomic E-state index is 12.7. The molecule has 0 radical (unpaired) electrons. The molecule has 0 aliphatic heterocycles. The summed E-state index contributed by atoms with van der Waals surface area (Å²) < 4.78 is 5.62. The summed E-state index contributed by atoms with van der Waals surface area (Å²) >= 11 is 0. The zero-order valence-electron chi connectivity index (χ0n) is 21.1. The zero-order chi connectivity index (χ0) is 25.7. The van der Waals surface area contributed by atoms with Gasteiger partial charge >= 0.3 is 12.1 Å². The molecule has 7 heteroatoms. The maximum Gasteiger partial charge on any atom is 0.407 e. The lowest BCUT2D eigenvalue weighted by atomic mass is 9.89. The molecular formula is C28H36N2O5. The van der Waals surface area contributed by atoms with Gasteiger partial charge in [0.1, 0.15) is 6.61 Å². The molecule has 2 unspecified atom stereocenters. The Balaban J connectivity index is 1.59. The molecule has 0 fully saturated rings. The number of rotatable bonds is 10. The Morgan fingerprint density at radius 2 is 1.40 bits per heavy atom. The van der Waals surface area contributed by atoms with Crippen molar-refractivity contribution >= 4 is 18.0 Å². The van der Waals surface area contributed by atoms with Crippen molar-refractivity contribution in [1.82, 2.24) is 10.6 Å². The quantitative estimate of drug-likeness (QED) is 0.453. The average molecular weight is 481 g/mol. The number of carbonyl (C=O) groups excluding carboxylic acids is 2. The highest BCUT2D eigenvalue weighted by atomic mass is 16.5. The van der Waals surface area contributed by atoms with Gasteiger partial charge in [0.15, 0.2) is 0 Å². The third-order valence-corrected chi connectivity index (χ3v) is 6.79. The highest BCUT2D eigenvalue weighted by Gasteiger charge is 2.31. The second-order valence-electron chi connectivity index (χ2n) is 9.99. The Bertz CT molecular complexity index is 1020. The van der Waals surface area contributed by atoms with E-state index >= 15 is 0 Å². The maximum atomic E-state index is 12.7. The number of carboxylic acids is 1. The summed E-state index contributed by atoms with van der Waals surface area (Å²) in [5.41, 5.74) is 4.58. The molecule has 0 spiro atoms. The number of hydrogen-bond acceptors (Lipinski definition) is 4. The Morgan fingerprint density at radius 1 is 0.857 bits per heavy atom. The summed E-state index contributed by atoms with van der Waals surface area (Å²) in [4.78, 5) is 36.9. The number of ether oxygens (including phenoxy) is 1. The molecule has 0 aromatic heterocycles. The number of alkyl carbamates (subject to hydrolysis) is 1. The Hall–Kier alpha value is -3.35. The van der Waals surface area contributed by atoms with Crippen LogP contribution in [0.2, 0.25) is 0 Å². The number of amides is 2. The number of carbonyl (C=O) groups is 3. The summed E-state index contributed by atoms with van der Waals surface area (Å²) in [5.74, 6) is -2.11. The fourth-order valence-electron chi connectivity index (χ4n) is 4.92. The fraction of sp³-hybridized carbons (Fsp3) is 0.464. The molecular weight excluding hydrogens is 444 g/mol. The molecule has 3 atom stereocenters. The Labute approximate surface area is 207 Å². The van der Waals surface area contributed by atoms with E-state index in [0.717, 1.165) is 22.3 Å². The lowest BCUT2D eigenvalue weighted by Crippen LogP contribution is -2.47. The van der Waals surface area contributed by atoms with Crippen LogP contribution >= 0.6 is 0 Å². The van der Waals surface area contributed by atoms with Gasteiger partial charge in [-0.25, -0.2) is 4.79 Å². The van der Waals surface area contributed by atoms with Crippen LogP contribution in [0.15, 0.2) is 48.5 Å². The van der Waals surface area contributed by atoms with Crippen LogP contribution in [0, 0.1) is 17.8 Å². The summed E-state index contributed by atoms with van der Waals surface area (Å²) in [6.45, 7) is 9.36. The number of fused-ring (bicyclic) bond motifs is 3. The summed E-state index contributed by atoms with van der Waals surface area (Å²) in [5, 5.41) is 15.1. The van der Waals surface area contributed by atoms with E-state index in [1.807, 2.05) is 52.0 Å². The first-order chi connectivity index (χ1) is 16.6. The van der Waals surface area contributed by atoms with Crippen LogP contribution in [0.5, 0.6) is 0 Å². The standard InChI is InChI=1S/C28H36N2O5/c1-16(2)24(14-25(31)29-18(5)26(17(3)4)27(32)33)30-28(34)35-15-23-21-12-8-6-10-19(21)20-11-7-9-13-22(20)23/h6-13,16-18,23-24,26H,14-15H2,1-5H3,(H,29,31)(H,30,34)(H,32,33)/t18?,24-,26?/m0/s1. The van der Waals surface area contributed by atoms with Crippen LogP contribution < -0.4 is 10.6 Å². The van der Waals surface area contributed by atoms with Crippen molar-refractivity contribution < 1.29 is 24.2 Å². The summed E-state index contributed by atoms with van der Waals surface area (Å²) in [6, 6.07) is 15.3. The van der Waals surface area contributed by atoms with E-state index in [1.165, 1.54) is 0 Å². The predicted octanol–water partition coefficient (Wildman–Crippen LogP) is 4.80. The number of hydrogen-bond donors (Lipinski definition) is 3. The summed E-state index contributed by atoms with van der Waals surface area (Å²) in [7, 11) is 0. The molecule has 7 nitrogen and oxygen atoms in total. The summed E-state index contributed by atoms with van der Waals surface area (Å²) in [6.07, 6.45) is -0.534. The molecule has 0 saturated carbocycles. The van der Waals surface area contributed by atoms with Crippen LogP contribution in [0.1, 0.15) is 58.1 Å². The molecule has 0 bridgehead atoms. The molecule has 0 saturated heterocycles. The molecule has 3 N–H and O–H groups in total. The molecule has 188 valence electrons. The van der Waals surface area contributed by atoms with Crippen LogP contribution in [-0.4, -0.2) is 41.8 Å². The van der Waals surface area contributed by atoms with Crippen LogP contribution in [-0.2, 0) is 14.3 Å². The van der Waals surface area contributed by atoms with Crippen molar-refractivity contribution in [3.63, 3.8) is 0 Å². The lowest BCUT2D eigenvalue weighted by Gasteiger charge is -2.26. The van der Waals surface area contributed by atoms with Gasteiger partial charge in [-0.1, -0.05) is 76.2 Å². The lowest BCUT2D eigenvalue weighted by molar-refractivity contribution is -0.144. The molecule has 2 aromatic carbocycles. The zero-order valence-corrected chi connectivity index (χ0v) is 21.1. The topological polar surface area (TPSA) is 105 Å². The van der Waals surface area contributed by atoms with Crippen molar-refractivity contribution in [3.05, 3.63) is 59.7 Å². The fourth-order valence-corrected chi connectivity index (χ4v) is 4.92.